The maximum absolute atomic E-state index is 11.5. The summed E-state index contributed by atoms with van der Waals surface area (Å²) in [7, 11) is 0. The molecule has 0 aromatic carbocycles. The first-order valence-electron chi connectivity index (χ1n) is 4.57. The highest BCUT2D eigenvalue weighted by Crippen LogP contribution is 2.07. The van der Waals surface area contributed by atoms with Gasteiger partial charge in [-0.2, -0.15) is 5.10 Å². The molecule has 0 aliphatic rings. The van der Waals surface area contributed by atoms with Crippen molar-refractivity contribution in [2.45, 2.75) is 39.3 Å². The normalized spacial score (nSPS) is 11.7. The van der Waals surface area contributed by atoms with Gasteiger partial charge in [-0.1, -0.05) is 0 Å². The van der Waals surface area contributed by atoms with Crippen LogP contribution in [0.3, 0.4) is 0 Å². The second-order valence-electron chi connectivity index (χ2n) is 3.65. The molecule has 0 fully saturated rings. The standard InChI is InChI=1S/C9H15N3O2/c1-4-12-8(10-6-11-12)5-7(13)9(2,3)14/h6,14H,4-5H2,1-3H3. The van der Waals surface area contributed by atoms with Crippen molar-refractivity contribution in [3.8, 4) is 0 Å². The molecule has 0 bridgehead atoms. The second-order valence-corrected chi connectivity index (χ2v) is 3.65. The summed E-state index contributed by atoms with van der Waals surface area (Å²) in [6, 6.07) is 0. The molecule has 78 valence electrons. The van der Waals surface area contributed by atoms with Crippen molar-refractivity contribution in [1.82, 2.24) is 14.8 Å². The first-order valence-corrected chi connectivity index (χ1v) is 4.57. The number of rotatable bonds is 4. The van der Waals surface area contributed by atoms with E-state index in [2.05, 4.69) is 10.1 Å². The summed E-state index contributed by atoms with van der Waals surface area (Å²) in [6.07, 6.45) is 1.54. The Kier molecular flexibility index (Phi) is 3.00. The fourth-order valence-electron chi connectivity index (χ4n) is 1.05. The van der Waals surface area contributed by atoms with E-state index < -0.39 is 5.60 Å². The minimum Gasteiger partial charge on any atom is -0.383 e. The van der Waals surface area contributed by atoms with Crippen molar-refractivity contribution >= 4 is 5.78 Å². The molecule has 0 aliphatic heterocycles. The van der Waals surface area contributed by atoms with Crippen molar-refractivity contribution in [3.63, 3.8) is 0 Å². The van der Waals surface area contributed by atoms with Gasteiger partial charge in [0.1, 0.15) is 17.8 Å². The molecular weight excluding hydrogens is 182 g/mol. The molecule has 0 saturated heterocycles. The van der Waals surface area contributed by atoms with Crippen molar-refractivity contribution in [3.05, 3.63) is 12.2 Å². The summed E-state index contributed by atoms with van der Waals surface area (Å²) in [5.41, 5.74) is -1.30. The van der Waals surface area contributed by atoms with Gasteiger partial charge in [-0.05, 0) is 20.8 Å². The number of hydrogen-bond donors (Lipinski definition) is 1. The summed E-state index contributed by atoms with van der Waals surface area (Å²) >= 11 is 0. The van der Waals surface area contributed by atoms with Gasteiger partial charge in [0.2, 0.25) is 0 Å². The van der Waals surface area contributed by atoms with E-state index in [9.17, 15) is 9.90 Å². The third kappa shape index (κ3) is 2.38. The maximum atomic E-state index is 11.5. The van der Waals surface area contributed by atoms with Crippen molar-refractivity contribution in [2.75, 3.05) is 0 Å². The molecule has 0 unspecified atom stereocenters. The molecule has 0 spiro atoms. The van der Waals surface area contributed by atoms with Crippen LogP contribution in [0.15, 0.2) is 6.33 Å². The SMILES string of the molecule is CCn1ncnc1CC(=O)C(C)(C)O. The maximum Gasteiger partial charge on any atom is 0.171 e. The van der Waals surface area contributed by atoms with Crippen LogP contribution >= 0.6 is 0 Å². The first kappa shape index (κ1) is 10.8. The van der Waals surface area contributed by atoms with E-state index in [4.69, 9.17) is 0 Å². The van der Waals surface area contributed by atoms with E-state index in [1.807, 2.05) is 6.92 Å². The van der Waals surface area contributed by atoms with Gasteiger partial charge in [0.25, 0.3) is 0 Å². The Balaban J connectivity index is 2.74. The first-order chi connectivity index (χ1) is 6.45. The number of nitrogens with zero attached hydrogens (tertiary/aromatic N) is 3. The largest absolute Gasteiger partial charge is 0.383 e. The summed E-state index contributed by atoms with van der Waals surface area (Å²) in [5, 5.41) is 13.4. The number of aliphatic hydroxyl groups is 1. The number of aryl methyl sites for hydroxylation is 1. The average molecular weight is 197 g/mol. The van der Waals surface area contributed by atoms with E-state index in [1.54, 1.807) is 4.68 Å². The highest BCUT2D eigenvalue weighted by atomic mass is 16.3. The average Bonchev–Trinajstić information content (AvgIpc) is 2.50. The monoisotopic (exact) mass is 197 g/mol. The number of Topliss-reactive ketones (excluding diaryl/α,β-unsaturated/α-hetero) is 1. The minimum atomic E-state index is -1.30. The molecule has 5 heteroatoms. The van der Waals surface area contributed by atoms with Crippen molar-refractivity contribution in [1.29, 1.82) is 0 Å². The zero-order valence-corrected chi connectivity index (χ0v) is 8.69. The van der Waals surface area contributed by atoms with E-state index >= 15 is 0 Å². The molecule has 1 aromatic rings. The smallest absolute Gasteiger partial charge is 0.171 e. The topological polar surface area (TPSA) is 68.0 Å². The lowest BCUT2D eigenvalue weighted by Gasteiger charge is -2.14. The lowest BCUT2D eigenvalue weighted by Crippen LogP contribution is -2.33. The Hall–Kier alpha value is -1.23. The zero-order chi connectivity index (χ0) is 10.8. The predicted octanol–water partition coefficient (Wildman–Crippen LogP) is 0.180. The quantitative estimate of drug-likeness (QED) is 0.747. The molecule has 1 heterocycles. The Morgan fingerprint density at radius 1 is 1.64 bits per heavy atom. The summed E-state index contributed by atoms with van der Waals surface area (Å²) < 4.78 is 1.64. The summed E-state index contributed by atoms with van der Waals surface area (Å²) in [6.45, 7) is 5.55. The summed E-state index contributed by atoms with van der Waals surface area (Å²) in [5.74, 6) is 0.347. The van der Waals surface area contributed by atoms with Gasteiger partial charge in [-0.3, -0.25) is 4.79 Å². The van der Waals surface area contributed by atoms with Crippen LogP contribution in [0.2, 0.25) is 0 Å². The molecular formula is C9H15N3O2. The van der Waals surface area contributed by atoms with E-state index in [1.165, 1.54) is 20.2 Å². The van der Waals surface area contributed by atoms with Gasteiger partial charge in [0.15, 0.2) is 5.78 Å². The van der Waals surface area contributed by atoms with Crippen LogP contribution in [0.5, 0.6) is 0 Å². The minimum absolute atomic E-state index is 0.122. The molecule has 1 aromatic heterocycles. The molecule has 14 heavy (non-hydrogen) atoms. The van der Waals surface area contributed by atoms with Crippen molar-refractivity contribution in [2.24, 2.45) is 0 Å². The number of ketones is 1. The molecule has 0 saturated carbocycles. The number of hydrogen-bond acceptors (Lipinski definition) is 4. The Morgan fingerprint density at radius 2 is 2.29 bits per heavy atom. The highest BCUT2D eigenvalue weighted by molar-refractivity contribution is 5.87. The van der Waals surface area contributed by atoms with E-state index in [0.29, 0.717) is 12.4 Å². The third-order valence-corrected chi connectivity index (χ3v) is 2.00. The highest BCUT2D eigenvalue weighted by Gasteiger charge is 2.25. The van der Waals surface area contributed by atoms with Crippen LogP contribution in [0.1, 0.15) is 26.6 Å². The lowest BCUT2D eigenvalue weighted by atomic mass is 10.0. The third-order valence-electron chi connectivity index (χ3n) is 2.00. The Bertz CT molecular complexity index is 325. The number of aromatic nitrogens is 3. The van der Waals surface area contributed by atoms with E-state index in [0.717, 1.165) is 0 Å². The predicted molar refractivity (Wildman–Crippen MR) is 50.7 cm³/mol. The molecule has 1 rings (SSSR count). The molecule has 0 atom stereocenters. The van der Waals surface area contributed by atoms with Gasteiger partial charge >= 0.3 is 0 Å². The fraction of sp³-hybridized carbons (Fsp3) is 0.667. The van der Waals surface area contributed by atoms with Crippen LogP contribution in [-0.2, 0) is 17.8 Å². The second kappa shape index (κ2) is 3.88. The summed E-state index contributed by atoms with van der Waals surface area (Å²) in [4.78, 5) is 15.4. The molecule has 0 amide bonds. The molecule has 1 N–H and O–H groups in total. The van der Waals surface area contributed by atoms with Crippen LogP contribution in [0, 0.1) is 0 Å². The molecule has 5 nitrogen and oxygen atoms in total. The van der Waals surface area contributed by atoms with E-state index in [-0.39, 0.29) is 12.2 Å². The van der Waals surface area contributed by atoms with Crippen LogP contribution in [-0.4, -0.2) is 31.3 Å². The van der Waals surface area contributed by atoms with Crippen LogP contribution < -0.4 is 0 Å². The number of carbonyl (C=O) groups excluding carboxylic acids is 1. The Morgan fingerprint density at radius 3 is 2.79 bits per heavy atom. The molecule has 0 radical (unpaired) electrons. The lowest BCUT2D eigenvalue weighted by molar-refractivity contribution is -0.133. The van der Waals surface area contributed by atoms with Gasteiger partial charge < -0.3 is 5.11 Å². The molecule has 0 aliphatic carbocycles. The fourth-order valence-corrected chi connectivity index (χ4v) is 1.05. The van der Waals surface area contributed by atoms with Gasteiger partial charge in [0.05, 0.1) is 6.42 Å². The Labute approximate surface area is 82.8 Å². The zero-order valence-electron chi connectivity index (χ0n) is 8.69. The van der Waals surface area contributed by atoms with Crippen LogP contribution in [0.4, 0.5) is 0 Å². The van der Waals surface area contributed by atoms with Crippen molar-refractivity contribution < 1.29 is 9.90 Å². The van der Waals surface area contributed by atoms with Gasteiger partial charge in [-0.15, -0.1) is 0 Å². The van der Waals surface area contributed by atoms with Crippen LogP contribution in [0.25, 0.3) is 0 Å². The number of carbonyl (C=O) groups is 1. The van der Waals surface area contributed by atoms with Gasteiger partial charge in [-0.25, -0.2) is 9.67 Å². The van der Waals surface area contributed by atoms with Gasteiger partial charge in [0, 0.05) is 6.54 Å².